The first-order chi connectivity index (χ1) is 9.56. The minimum atomic E-state index is -1.09. The van der Waals surface area contributed by atoms with Gasteiger partial charge in [-0.1, -0.05) is 6.07 Å². The minimum Gasteiger partial charge on any atom is -0.492 e. The molecule has 106 valence electrons. The lowest BCUT2D eigenvalue weighted by atomic mass is 10.2. The summed E-state index contributed by atoms with van der Waals surface area (Å²) in [5, 5.41) is 30.3. The van der Waals surface area contributed by atoms with Gasteiger partial charge in [-0.2, -0.15) is 5.26 Å². The summed E-state index contributed by atoms with van der Waals surface area (Å²) in [5.74, 6) is 0.160. The lowest BCUT2D eigenvalue weighted by molar-refractivity contribution is -0.385. The number of carbonyl (C=O) groups is 1. The lowest BCUT2D eigenvalue weighted by Gasteiger charge is -2.07. The molecule has 20 heavy (non-hydrogen) atoms. The Kier molecular flexibility index (Phi) is 5.77. The predicted octanol–water partition coefficient (Wildman–Crippen LogP) is 1.89. The normalized spacial score (nSPS) is 9.55. The van der Waals surface area contributed by atoms with Gasteiger partial charge >= 0.3 is 6.09 Å². The van der Waals surface area contributed by atoms with E-state index in [0.29, 0.717) is 19.4 Å². The first-order valence-electron chi connectivity index (χ1n) is 5.83. The van der Waals surface area contributed by atoms with Gasteiger partial charge in [0, 0.05) is 12.6 Å². The maximum absolute atomic E-state index is 10.7. The summed E-state index contributed by atoms with van der Waals surface area (Å²) in [7, 11) is 0. The molecule has 0 aliphatic heterocycles. The molecule has 0 unspecified atom stereocenters. The quantitative estimate of drug-likeness (QED) is 0.446. The number of nitriles is 1. The fourth-order valence-electron chi connectivity index (χ4n) is 1.51. The van der Waals surface area contributed by atoms with Crippen LogP contribution in [0.5, 0.6) is 5.75 Å². The highest BCUT2D eigenvalue weighted by Crippen LogP contribution is 2.27. The van der Waals surface area contributed by atoms with Crippen LogP contribution in [0.2, 0.25) is 0 Å². The van der Waals surface area contributed by atoms with Gasteiger partial charge in [0.1, 0.15) is 11.8 Å². The van der Waals surface area contributed by atoms with Crippen LogP contribution in [0.4, 0.5) is 10.5 Å². The zero-order valence-corrected chi connectivity index (χ0v) is 10.5. The lowest BCUT2D eigenvalue weighted by Crippen LogP contribution is -2.22. The molecule has 0 aliphatic rings. The van der Waals surface area contributed by atoms with Gasteiger partial charge in [-0.15, -0.1) is 0 Å². The van der Waals surface area contributed by atoms with Gasteiger partial charge in [-0.05, 0) is 18.9 Å². The van der Waals surface area contributed by atoms with Gasteiger partial charge in [-0.25, -0.2) is 4.79 Å². The molecule has 0 spiro atoms. The molecule has 2 N–H and O–H groups in total. The van der Waals surface area contributed by atoms with Gasteiger partial charge in [0.2, 0.25) is 0 Å². The summed E-state index contributed by atoms with van der Waals surface area (Å²) in [6.45, 7) is 0.551. The van der Waals surface area contributed by atoms with Crippen LogP contribution in [-0.2, 0) is 0 Å². The third kappa shape index (κ3) is 4.45. The zero-order chi connectivity index (χ0) is 15.0. The molecule has 0 aliphatic carbocycles. The number of carboxylic acid groups (broad SMARTS) is 1. The van der Waals surface area contributed by atoms with E-state index < -0.39 is 11.0 Å². The third-order valence-electron chi connectivity index (χ3n) is 2.42. The monoisotopic (exact) mass is 279 g/mol. The number of nitro groups is 1. The SMILES string of the molecule is N#Cc1c(OCCCCNC(=O)O)cccc1[N+](=O)[O-]. The fraction of sp³-hybridized carbons (Fsp3) is 0.333. The Morgan fingerprint density at radius 2 is 2.25 bits per heavy atom. The highest BCUT2D eigenvalue weighted by Gasteiger charge is 2.17. The molecule has 0 fully saturated rings. The molecule has 0 bridgehead atoms. The molecule has 0 heterocycles. The van der Waals surface area contributed by atoms with E-state index >= 15 is 0 Å². The second-order valence-corrected chi connectivity index (χ2v) is 3.81. The molecule has 0 saturated heterocycles. The number of nitro benzene ring substituents is 1. The first-order valence-corrected chi connectivity index (χ1v) is 5.83. The number of benzene rings is 1. The van der Waals surface area contributed by atoms with Crippen LogP contribution in [0.25, 0.3) is 0 Å². The molecule has 0 atom stereocenters. The summed E-state index contributed by atoms with van der Waals surface area (Å²) >= 11 is 0. The van der Waals surface area contributed by atoms with Crippen LogP contribution in [0, 0.1) is 21.4 Å². The van der Waals surface area contributed by atoms with Gasteiger partial charge < -0.3 is 15.2 Å². The summed E-state index contributed by atoms with van der Waals surface area (Å²) in [6, 6.07) is 5.93. The molecule has 8 nitrogen and oxygen atoms in total. The predicted molar refractivity (Wildman–Crippen MR) is 68.6 cm³/mol. The highest BCUT2D eigenvalue weighted by atomic mass is 16.6. The smallest absolute Gasteiger partial charge is 0.404 e. The average molecular weight is 279 g/mol. The van der Waals surface area contributed by atoms with Crippen LogP contribution < -0.4 is 10.1 Å². The van der Waals surface area contributed by atoms with Crippen molar-refractivity contribution in [1.29, 1.82) is 5.26 Å². The molecule has 1 aromatic carbocycles. The summed E-state index contributed by atoms with van der Waals surface area (Å²) in [6.07, 6.45) is 0.0492. The molecule has 1 rings (SSSR count). The average Bonchev–Trinajstić information content (AvgIpc) is 2.41. The maximum Gasteiger partial charge on any atom is 0.404 e. The van der Waals surface area contributed by atoms with Gasteiger partial charge in [0.25, 0.3) is 5.69 Å². The largest absolute Gasteiger partial charge is 0.492 e. The van der Waals surface area contributed by atoms with Crippen molar-refractivity contribution in [1.82, 2.24) is 5.32 Å². The van der Waals surface area contributed by atoms with E-state index in [1.807, 2.05) is 0 Å². The van der Waals surface area contributed by atoms with E-state index in [0.717, 1.165) is 0 Å². The van der Waals surface area contributed by atoms with Gasteiger partial charge in [-0.3, -0.25) is 10.1 Å². The van der Waals surface area contributed by atoms with Crippen molar-refractivity contribution in [2.24, 2.45) is 0 Å². The highest BCUT2D eigenvalue weighted by molar-refractivity contribution is 5.64. The van der Waals surface area contributed by atoms with Crippen LogP contribution in [0.15, 0.2) is 18.2 Å². The van der Waals surface area contributed by atoms with Crippen molar-refractivity contribution in [2.45, 2.75) is 12.8 Å². The number of amides is 1. The first kappa shape index (κ1) is 15.2. The van der Waals surface area contributed by atoms with E-state index in [1.54, 1.807) is 6.07 Å². The van der Waals surface area contributed by atoms with Crippen molar-refractivity contribution in [3.63, 3.8) is 0 Å². The second kappa shape index (κ2) is 7.58. The standard InChI is InChI=1S/C12H13N3O5/c13-8-9-10(15(18)19)4-3-5-11(9)20-7-2-1-6-14-12(16)17/h3-5,14H,1-2,6-7H2,(H,16,17). The third-order valence-corrected chi connectivity index (χ3v) is 2.42. The molecule has 0 saturated carbocycles. The number of ether oxygens (including phenoxy) is 1. The van der Waals surface area contributed by atoms with E-state index in [9.17, 15) is 14.9 Å². The number of nitrogens with zero attached hydrogens (tertiary/aromatic N) is 2. The number of unbranched alkanes of at least 4 members (excludes halogenated alkanes) is 1. The van der Waals surface area contributed by atoms with Crippen LogP contribution >= 0.6 is 0 Å². The molecule has 1 aromatic rings. The van der Waals surface area contributed by atoms with E-state index in [1.165, 1.54) is 18.2 Å². The molecular formula is C12H13N3O5. The van der Waals surface area contributed by atoms with Crippen molar-refractivity contribution >= 4 is 11.8 Å². The maximum atomic E-state index is 10.7. The fourth-order valence-corrected chi connectivity index (χ4v) is 1.51. The Morgan fingerprint density at radius 3 is 2.85 bits per heavy atom. The van der Waals surface area contributed by atoms with Crippen molar-refractivity contribution in [3.05, 3.63) is 33.9 Å². The number of hydrogen-bond donors (Lipinski definition) is 2. The topological polar surface area (TPSA) is 125 Å². The Hall–Kier alpha value is -2.82. The van der Waals surface area contributed by atoms with Crippen LogP contribution in [0.3, 0.4) is 0 Å². The molecule has 1 amide bonds. The zero-order valence-electron chi connectivity index (χ0n) is 10.5. The van der Waals surface area contributed by atoms with Crippen molar-refractivity contribution < 1.29 is 19.6 Å². The Bertz CT molecular complexity index is 538. The van der Waals surface area contributed by atoms with E-state index in [4.69, 9.17) is 15.1 Å². The van der Waals surface area contributed by atoms with Gasteiger partial charge in [0.05, 0.1) is 11.5 Å². The number of hydrogen-bond acceptors (Lipinski definition) is 5. The second-order valence-electron chi connectivity index (χ2n) is 3.81. The molecule has 0 radical (unpaired) electrons. The Morgan fingerprint density at radius 1 is 1.50 bits per heavy atom. The molecule has 8 heteroatoms. The Labute approximate surface area is 114 Å². The minimum absolute atomic E-state index is 0.110. The van der Waals surface area contributed by atoms with Crippen molar-refractivity contribution in [2.75, 3.05) is 13.2 Å². The summed E-state index contributed by atoms with van der Waals surface area (Å²) < 4.78 is 5.32. The van der Waals surface area contributed by atoms with Crippen LogP contribution in [-0.4, -0.2) is 29.3 Å². The summed E-state index contributed by atoms with van der Waals surface area (Å²) in [4.78, 5) is 20.3. The molecule has 0 aromatic heterocycles. The number of rotatable bonds is 7. The van der Waals surface area contributed by atoms with Gasteiger partial charge in [0.15, 0.2) is 5.56 Å². The van der Waals surface area contributed by atoms with E-state index in [-0.39, 0.29) is 23.6 Å². The summed E-state index contributed by atoms with van der Waals surface area (Å²) in [5.41, 5.74) is -0.404. The number of nitrogens with one attached hydrogen (secondary N) is 1. The Balaban J connectivity index is 2.52. The van der Waals surface area contributed by atoms with Crippen molar-refractivity contribution in [3.8, 4) is 11.8 Å². The van der Waals surface area contributed by atoms with Crippen LogP contribution in [0.1, 0.15) is 18.4 Å². The van der Waals surface area contributed by atoms with E-state index in [2.05, 4.69) is 5.32 Å². The molecular weight excluding hydrogens is 266 g/mol.